The number of hydrogen-bond donors (Lipinski definition) is 0. The van der Waals surface area contributed by atoms with Crippen LogP contribution in [0.1, 0.15) is 16.8 Å². The molecule has 0 radical (unpaired) electrons. The van der Waals surface area contributed by atoms with Gasteiger partial charge in [0.1, 0.15) is 0 Å². The molecule has 114 valence electrons. The monoisotopic (exact) mass is 299 g/mol. The lowest BCUT2D eigenvalue weighted by Crippen LogP contribution is -2.02. The third-order valence-electron chi connectivity index (χ3n) is 4.27. The van der Waals surface area contributed by atoms with E-state index in [1.54, 1.807) is 0 Å². The van der Waals surface area contributed by atoms with E-state index in [0.717, 1.165) is 5.57 Å². The Balaban J connectivity index is 2.49. The van der Waals surface area contributed by atoms with Gasteiger partial charge in [0.2, 0.25) is 0 Å². The summed E-state index contributed by atoms with van der Waals surface area (Å²) in [6.07, 6.45) is 5.73. The highest BCUT2D eigenvalue weighted by atomic mass is 15.0. The molecule has 0 aliphatic rings. The molecule has 1 nitrogen and oxygen atoms in total. The second-order valence-electron chi connectivity index (χ2n) is 5.67. The van der Waals surface area contributed by atoms with E-state index in [1.165, 1.54) is 33.4 Å². The van der Waals surface area contributed by atoms with Crippen molar-refractivity contribution in [1.82, 2.24) is 4.57 Å². The molecule has 0 N–H and O–H groups in total. The van der Waals surface area contributed by atoms with Crippen LogP contribution < -0.4 is 0 Å². The standard InChI is InChI=1S/C22H21N/c1-5-11-18(6-2)22-17(4)19-13-8-10-15-21(19)23(22)20-14-9-7-12-16(20)3/h5-15H,1-2H2,3-4H3/b18-11+. The summed E-state index contributed by atoms with van der Waals surface area (Å²) in [6, 6.07) is 17.0. The summed E-state index contributed by atoms with van der Waals surface area (Å²) in [6.45, 7) is 12.2. The molecule has 0 atom stereocenters. The lowest BCUT2D eigenvalue weighted by molar-refractivity contribution is 1.07. The molecule has 0 amide bonds. The predicted molar refractivity (Wildman–Crippen MR) is 101 cm³/mol. The van der Waals surface area contributed by atoms with Crippen LogP contribution in [-0.2, 0) is 0 Å². The number of hydrogen-bond acceptors (Lipinski definition) is 0. The van der Waals surface area contributed by atoms with Crippen LogP contribution in [0.5, 0.6) is 0 Å². The van der Waals surface area contributed by atoms with Crippen LogP contribution in [0.15, 0.2) is 79.9 Å². The van der Waals surface area contributed by atoms with Gasteiger partial charge >= 0.3 is 0 Å². The number of allylic oxidation sites excluding steroid dienone is 4. The fourth-order valence-electron chi connectivity index (χ4n) is 3.18. The first kappa shape index (κ1) is 15.1. The van der Waals surface area contributed by atoms with Crippen molar-refractivity contribution in [2.75, 3.05) is 0 Å². The summed E-state index contributed by atoms with van der Waals surface area (Å²) in [5.41, 5.74) is 7.18. The topological polar surface area (TPSA) is 4.93 Å². The van der Waals surface area contributed by atoms with E-state index in [0.29, 0.717) is 0 Å². The Labute approximate surface area is 137 Å². The van der Waals surface area contributed by atoms with Gasteiger partial charge < -0.3 is 4.57 Å². The van der Waals surface area contributed by atoms with E-state index in [-0.39, 0.29) is 0 Å². The van der Waals surface area contributed by atoms with Crippen molar-refractivity contribution in [3.8, 4) is 5.69 Å². The normalized spacial score (nSPS) is 11.7. The van der Waals surface area contributed by atoms with Gasteiger partial charge in [-0.05, 0) is 42.7 Å². The Bertz CT molecular complexity index is 922. The van der Waals surface area contributed by atoms with Gasteiger partial charge in [-0.2, -0.15) is 0 Å². The number of aromatic nitrogens is 1. The molecule has 3 rings (SSSR count). The minimum atomic E-state index is 1.08. The molecule has 0 aliphatic carbocycles. The Kier molecular flexibility index (Phi) is 4.03. The second kappa shape index (κ2) is 6.13. The Hall–Kier alpha value is -2.80. The zero-order chi connectivity index (χ0) is 16.4. The Morgan fingerprint density at radius 1 is 0.957 bits per heavy atom. The molecule has 23 heavy (non-hydrogen) atoms. The van der Waals surface area contributed by atoms with E-state index in [1.807, 2.05) is 18.2 Å². The molecule has 1 heterocycles. The number of benzene rings is 2. The van der Waals surface area contributed by atoms with Crippen molar-refractivity contribution in [2.24, 2.45) is 0 Å². The molecule has 3 aromatic rings. The minimum absolute atomic E-state index is 1.08. The third kappa shape index (κ3) is 2.44. The van der Waals surface area contributed by atoms with Gasteiger partial charge in [-0.25, -0.2) is 0 Å². The third-order valence-corrected chi connectivity index (χ3v) is 4.27. The lowest BCUT2D eigenvalue weighted by Gasteiger charge is -2.15. The molecule has 0 aliphatic heterocycles. The van der Waals surface area contributed by atoms with E-state index < -0.39 is 0 Å². The SMILES string of the molecule is C=C/C=C(\C=C)c1c(C)c2ccccc2n1-c1ccccc1C. The minimum Gasteiger partial charge on any atom is -0.309 e. The number of rotatable bonds is 4. The largest absolute Gasteiger partial charge is 0.309 e. The highest BCUT2D eigenvalue weighted by Crippen LogP contribution is 2.34. The van der Waals surface area contributed by atoms with Crippen molar-refractivity contribution >= 4 is 16.5 Å². The van der Waals surface area contributed by atoms with E-state index in [2.05, 4.69) is 80.1 Å². The molecule has 1 heteroatoms. The van der Waals surface area contributed by atoms with Gasteiger partial charge in [0.15, 0.2) is 0 Å². The molecule has 0 spiro atoms. The van der Waals surface area contributed by atoms with Gasteiger partial charge in [0.05, 0.1) is 11.2 Å². The first-order chi connectivity index (χ1) is 11.2. The summed E-state index contributed by atoms with van der Waals surface area (Å²) in [5.74, 6) is 0. The maximum Gasteiger partial charge on any atom is 0.0570 e. The smallest absolute Gasteiger partial charge is 0.0570 e. The van der Waals surface area contributed by atoms with Crippen LogP contribution in [0, 0.1) is 13.8 Å². The maximum absolute atomic E-state index is 4.00. The summed E-state index contributed by atoms with van der Waals surface area (Å²) in [4.78, 5) is 0. The zero-order valence-corrected chi connectivity index (χ0v) is 13.7. The molecule has 0 unspecified atom stereocenters. The van der Waals surface area contributed by atoms with Gasteiger partial charge in [0, 0.05) is 11.1 Å². The summed E-state index contributed by atoms with van der Waals surface area (Å²) in [5, 5.41) is 1.27. The molecule has 2 aromatic carbocycles. The van der Waals surface area contributed by atoms with Crippen LogP contribution in [0.4, 0.5) is 0 Å². The van der Waals surface area contributed by atoms with E-state index in [4.69, 9.17) is 0 Å². The Morgan fingerprint density at radius 2 is 1.65 bits per heavy atom. The summed E-state index contributed by atoms with van der Waals surface area (Å²) < 4.78 is 2.33. The quantitative estimate of drug-likeness (QED) is 0.520. The Morgan fingerprint density at radius 3 is 2.35 bits per heavy atom. The fourth-order valence-corrected chi connectivity index (χ4v) is 3.18. The summed E-state index contributed by atoms with van der Waals surface area (Å²) in [7, 11) is 0. The highest BCUT2D eigenvalue weighted by Gasteiger charge is 2.17. The van der Waals surface area contributed by atoms with Crippen LogP contribution in [0.3, 0.4) is 0 Å². The molecule has 0 fully saturated rings. The maximum atomic E-state index is 4.00. The molecule has 0 saturated heterocycles. The van der Waals surface area contributed by atoms with Gasteiger partial charge in [0.25, 0.3) is 0 Å². The lowest BCUT2D eigenvalue weighted by atomic mass is 10.1. The van der Waals surface area contributed by atoms with E-state index >= 15 is 0 Å². The number of nitrogens with zero attached hydrogens (tertiary/aromatic N) is 1. The fraction of sp³-hybridized carbons (Fsp3) is 0.0909. The zero-order valence-electron chi connectivity index (χ0n) is 13.7. The second-order valence-corrected chi connectivity index (χ2v) is 5.67. The first-order valence-electron chi connectivity index (χ1n) is 7.80. The van der Waals surface area contributed by atoms with E-state index in [9.17, 15) is 0 Å². The highest BCUT2D eigenvalue weighted by molar-refractivity contribution is 5.93. The number of fused-ring (bicyclic) bond motifs is 1. The van der Waals surface area contributed by atoms with Crippen molar-refractivity contribution in [3.05, 3.63) is 96.7 Å². The van der Waals surface area contributed by atoms with Crippen LogP contribution >= 0.6 is 0 Å². The van der Waals surface area contributed by atoms with Crippen LogP contribution in [0.2, 0.25) is 0 Å². The average Bonchev–Trinajstić information content (AvgIpc) is 2.86. The van der Waals surface area contributed by atoms with Crippen LogP contribution in [0.25, 0.3) is 22.2 Å². The van der Waals surface area contributed by atoms with Crippen molar-refractivity contribution < 1.29 is 0 Å². The number of para-hydroxylation sites is 2. The van der Waals surface area contributed by atoms with Gasteiger partial charge in [-0.15, -0.1) is 0 Å². The van der Waals surface area contributed by atoms with Crippen molar-refractivity contribution in [3.63, 3.8) is 0 Å². The molecule has 0 saturated carbocycles. The van der Waals surface area contributed by atoms with Crippen molar-refractivity contribution in [2.45, 2.75) is 13.8 Å². The summed E-state index contributed by atoms with van der Waals surface area (Å²) >= 11 is 0. The van der Waals surface area contributed by atoms with Crippen molar-refractivity contribution in [1.29, 1.82) is 0 Å². The predicted octanol–water partition coefficient (Wildman–Crippen LogP) is 6.00. The van der Waals surface area contributed by atoms with Gasteiger partial charge in [-0.3, -0.25) is 0 Å². The van der Waals surface area contributed by atoms with Crippen LogP contribution in [-0.4, -0.2) is 4.57 Å². The van der Waals surface area contributed by atoms with Gasteiger partial charge in [-0.1, -0.05) is 67.8 Å². The molecular formula is C22H21N. The molecule has 0 bridgehead atoms. The number of aryl methyl sites for hydroxylation is 2. The average molecular weight is 299 g/mol. The first-order valence-corrected chi connectivity index (χ1v) is 7.80. The molecular weight excluding hydrogens is 278 g/mol. The molecule has 1 aromatic heterocycles.